The van der Waals surface area contributed by atoms with Gasteiger partial charge in [0.1, 0.15) is 12.8 Å². The van der Waals surface area contributed by atoms with Crippen molar-refractivity contribution in [3.63, 3.8) is 0 Å². The molecule has 0 saturated heterocycles. The largest absolute Gasteiger partial charge is 0.416 e. The van der Waals surface area contributed by atoms with Crippen LogP contribution in [-0.4, -0.2) is 18.8 Å². The first-order chi connectivity index (χ1) is 14.7. The molecule has 31 heavy (non-hydrogen) atoms. The first-order valence-electron chi connectivity index (χ1n) is 9.98. The number of amides is 1. The Balaban J connectivity index is 1.78. The number of hydrogen-bond donors (Lipinski definition) is 3. The van der Waals surface area contributed by atoms with Gasteiger partial charge in [-0.3, -0.25) is 4.79 Å². The van der Waals surface area contributed by atoms with Crippen LogP contribution in [0.5, 0.6) is 0 Å². The van der Waals surface area contributed by atoms with Crippen molar-refractivity contribution in [1.29, 1.82) is 0 Å². The number of alkyl halides is 5. The Morgan fingerprint density at radius 1 is 1.03 bits per heavy atom. The highest BCUT2D eigenvalue weighted by molar-refractivity contribution is 5.94. The SMILES string of the molecule is Nc1cc(NCc2ccc(C(F)(F)F)cc2)ccc1NC(=O)CCCCC[C@H](F)CF. The number of rotatable bonds is 11. The van der Waals surface area contributed by atoms with E-state index in [1.807, 2.05) is 0 Å². The molecule has 0 unspecified atom stereocenters. The Hall–Kier alpha value is -2.84. The third-order valence-corrected chi connectivity index (χ3v) is 4.69. The van der Waals surface area contributed by atoms with E-state index in [1.54, 1.807) is 18.2 Å². The van der Waals surface area contributed by atoms with E-state index in [4.69, 9.17) is 5.73 Å². The standard InChI is InChI=1S/C22H26F5N3O/c23-13-17(24)4-2-1-3-5-21(31)30-20-11-10-18(12-19(20)28)29-14-15-6-8-16(9-7-15)22(25,26)27/h6-12,17,29H,1-5,13-14,28H2,(H,30,31)/t17-/m0/s1. The summed E-state index contributed by atoms with van der Waals surface area (Å²) in [5.74, 6) is -0.223. The fourth-order valence-electron chi connectivity index (χ4n) is 2.92. The van der Waals surface area contributed by atoms with E-state index in [1.165, 1.54) is 12.1 Å². The third kappa shape index (κ3) is 8.43. The fourth-order valence-corrected chi connectivity index (χ4v) is 2.92. The lowest BCUT2D eigenvalue weighted by atomic mass is 10.1. The Labute approximate surface area is 178 Å². The van der Waals surface area contributed by atoms with Crippen LogP contribution in [0.15, 0.2) is 42.5 Å². The first kappa shape index (κ1) is 24.4. The summed E-state index contributed by atoms with van der Waals surface area (Å²) in [5, 5.41) is 5.78. The average molecular weight is 443 g/mol. The van der Waals surface area contributed by atoms with Gasteiger partial charge in [0.25, 0.3) is 0 Å². The number of unbranched alkanes of at least 4 members (excludes halogenated alkanes) is 2. The number of benzene rings is 2. The van der Waals surface area contributed by atoms with Crippen molar-refractivity contribution in [2.45, 2.75) is 51.0 Å². The highest BCUT2D eigenvalue weighted by atomic mass is 19.4. The number of carbonyl (C=O) groups excluding carboxylic acids is 1. The smallest absolute Gasteiger partial charge is 0.397 e. The molecule has 0 aliphatic carbocycles. The lowest BCUT2D eigenvalue weighted by Gasteiger charge is -2.12. The molecule has 0 spiro atoms. The van der Waals surface area contributed by atoms with Gasteiger partial charge in [0.05, 0.1) is 16.9 Å². The summed E-state index contributed by atoms with van der Waals surface area (Å²) < 4.78 is 62.6. The lowest BCUT2D eigenvalue weighted by Crippen LogP contribution is -2.13. The molecule has 0 heterocycles. The maximum Gasteiger partial charge on any atom is 0.416 e. The molecule has 0 radical (unpaired) electrons. The van der Waals surface area contributed by atoms with E-state index >= 15 is 0 Å². The predicted octanol–water partition coefficient (Wildman–Crippen LogP) is 6.10. The van der Waals surface area contributed by atoms with Gasteiger partial charge in [0.2, 0.25) is 5.91 Å². The van der Waals surface area contributed by atoms with Crippen molar-refractivity contribution >= 4 is 23.0 Å². The zero-order chi connectivity index (χ0) is 22.9. The summed E-state index contributed by atoms with van der Waals surface area (Å²) >= 11 is 0. The summed E-state index contributed by atoms with van der Waals surface area (Å²) in [7, 11) is 0. The van der Waals surface area contributed by atoms with Crippen LogP contribution >= 0.6 is 0 Å². The number of nitrogens with one attached hydrogen (secondary N) is 2. The van der Waals surface area contributed by atoms with Crippen LogP contribution in [-0.2, 0) is 17.5 Å². The normalized spacial score (nSPS) is 12.4. The quantitative estimate of drug-likeness (QED) is 0.223. The van der Waals surface area contributed by atoms with Crippen molar-refractivity contribution in [2.24, 2.45) is 0 Å². The molecule has 4 nitrogen and oxygen atoms in total. The van der Waals surface area contributed by atoms with Crippen molar-refractivity contribution < 1.29 is 26.7 Å². The van der Waals surface area contributed by atoms with E-state index < -0.39 is 24.6 Å². The minimum Gasteiger partial charge on any atom is -0.397 e. The van der Waals surface area contributed by atoms with Gasteiger partial charge < -0.3 is 16.4 Å². The molecule has 4 N–H and O–H groups in total. The molecule has 0 aliphatic rings. The number of carbonyl (C=O) groups is 1. The fraction of sp³-hybridized carbons (Fsp3) is 0.409. The lowest BCUT2D eigenvalue weighted by molar-refractivity contribution is -0.137. The van der Waals surface area contributed by atoms with Crippen molar-refractivity contribution in [2.75, 3.05) is 23.0 Å². The van der Waals surface area contributed by atoms with Crippen LogP contribution < -0.4 is 16.4 Å². The van der Waals surface area contributed by atoms with Gasteiger partial charge >= 0.3 is 6.18 Å². The summed E-state index contributed by atoms with van der Waals surface area (Å²) in [6, 6.07) is 9.82. The van der Waals surface area contributed by atoms with Gasteiger partial charge in [0.15, 0.2) is 0 Å². The maximum absolute atomic E-state index is 12.8. The van der Waals surface area contributed by atoms with E-state index in [0.717, 1.165) is 12.1 Å². The minimum absolute atomic E-state index is 0.159. The van der Waals surface area contributed by atoms with Crippen molar-refractivity contribution in [3.8, 4) is 0 Å². The van der Waals surface area contributed by atoms with Crippen LogP contribution in [0.25, 0.3) is 0 Å². The van der Waals surface area contributed by atoms with Gasteiger partial charge in [-0.25, -0.2) is 8.78 Å². The molecular weight excluding hydrogens is 417 g/mol. The number of nitrogen functional groups attached to an aromatic ring is 1. The van der Waals surface area contributed by atoms with Crippen LogP contribution in [0.3, 0.4) is 0 Å². The van der Waals surface area contributed by atoms with Crippen LogP contribution in [0.4, 0.5) is 39.0 Å². The molecule has 9 heteroatoms. The maximum atomic E-state index is 12.8. The molecule has 0 saturated carbocycles. The number of nitrogens with two attached hydrogens (primary N) is 1. The number of anilines is 3. The highest BCUT2D eigenvalue weighted by Crippen LogP contribution is 2.29. The molecule has 0 fully saturated rings. The van der Waals surface area contributed by atoms with Crippen LogP contribution in [0.2, 0.25) is 0 Å². The average Bonchev–Trinajstić information content (AvgIpc) is 2.73. The number of halogens is 5. The van der Waals surface area contributed by atoms with Crippen LogP contribution in [0.1, 0.15) is 43.2 Å². The zero-order valence-electron chi connectivity index (χ0n) is 16.9. The molecule has 0 bridgehead atoms. The topological polar surface area (TPSA) is 67.2 Å². The van der Waals surface area contributed by atoms with Crippen molar-refractivity contribution in [3.05, 3.63) is 53.6 Å². The Morgan fingerprint density at radius 3 is 2.35 bits per heavy atom. The first-order valence-corrected chi connectivity index (χ1v) is 9.98. The summed E-state index contributed by atoms with van der Waals surface area (Å²) in [6.45, 7) is -0.666. The number of hydrogen-bond acceptors (Lipinski definition) is 3. The van der Waals surface area contributed by atoms with E-state index in [0.29, 0.717) is 48.4 Å². The molecule has 2 aromatic rings. The molecule has 1 amide bonds. The second-order valence-corrected chi connectivity index (χ2v) is 7.25. The van der Waals surface area contributed by atoms with Gasteiger partial charge in [-0.1, -0.05) is 25.0 Å². The molecule has 2 rings (SSSR count). The second kappa shape index (κ2) is 11.5. The van der Waals surface area contributed by atoms with Gasteiger partial charge in [0, 0.05) is 18.7 Å². The van der Waals surface area contributed by atoms with E-state index in [2.05, 4.69) is 10.6 Å². The third-order valence-electron chi connectivity index (χ3n) is 4.69. The Bertz CT molecular complexity index is 840. The Kier molecular flexibility index (Phi) is 9.08. The predicted molar refractivity (Wildman–Crippen MR) is 112 cm³/mol. The monoisotopic (exact) mass is 443 g/mol. The second-order valence-electron chi connectivity index (χ2n) is 7.25. The minimum atomic E-state index is -4.37. The van der Waals surface area contributed by atoms with Gasteiger partial charge in [-0.05, 0) is 48.7 Å². The molecular formula is C22H26F5N3O. The van der Waals surface area contributed by atoms with E-state index in [9.17, 15) is 26.7 Å². The summed E-state index contributed by atoms with van der Waals surface area (Å²) in [4.78, 5) is 12.0. The molecule has 0 aromatic heterocycles. The van der Waals surface area contributed by atoms with Gasteiger partial charge in [-0.2, -0.15) is 13.2 Å². The van der Waals surface area contributed by atoms with E-state index in [-0.39, 0.29) is 18.7 Å². The summed E-state index contributed by atoms with van der Waals surface area (Å²) in [5.41, 5.74) is 7.40. The molecule has 1 atom stereocenters. The molecule has 2 aromatic carbocycles. The van der Waals surface area contributed by atoms with Crippen LogP contribution in [0, 0.1) is 0 Å². The molecule has 0 aliphatic heterocycles. The summed E-state index contributed by atoms with van der Waals surface area (Å²) in [6.07, 6.45) is -3.66. The Morgan fingerprint density at radius 2 is 1.74 bits per heavy atom. The van der Waals surface area contributed by atoms with Crippen molar-refractivity contribution in [1.82, 2.24) is 0 Å². The molecule has 170 valence electrons. The highest BCUT2D eigenvalue weighted by Gasteiger charge is 2.29. The van der Waals surface area contributed by atoms with Gasteiger partial charge in [-0.15, -0.1) is 0 Å². The zero-order valence-corrected chi connectivity index (χ0v) is 16.9.